The molecule has 0 saturated heterocycles. The molecule has 0 fully saturated rings. The second kappa shape index (κ2) is 7.16. The van der Waals surface area contributed by atoms with E-state index in [2.05, 4.69) is 6.92 Å². The highest BCUT2D eigenvalue weighted by molar-refractivity contribution is 6.44. The van der Waals surface area contributed by atoms with E-state index in [1.54, 1.807) is 0 Å². The van der Waals surface area contributed by atoms with E-state index in [1.165, 1.54) is 24.8 Å². The van der Waals surface area contributed by atoms with Gasteiger partial charge in [-0.3, -0.25) is 0 Å². The second-order valence-corrected chi connectivity index (χ2v) is 5.14. The van der Waals surface area contributed by atoms with Crippen LogP contribution in [0.15, 0.2) is 24.3 Å². The van der Waals surface area contributed by atoms with Gasteiger partial charge in [-0.2, -0.15) is 0 Å². The van der Waals surface area contributed by atoms with Crippen LogP contribution in [0, 0.1) is 0 Å². The van der Waals surface area contributed by atoms with Crippen LogP contribution >= 0.6 is 23.2 Å². The Morgan fingerprint density at radius 1 is 1.12 bits per heavy atom. The van der Waals surface area contributed by atoms with Gasteiger partial charge in [0.1, 0.15) is 10.9 Å². The third kappa shape index (κ3) is 4.32. The topological polar surface area (TPSA) is 20.2 Å². The minimum atomic E-state index is -0.798. The molecule has 0 aliphatic rings. The lowest BCUT2D eigenvalue weighted by Gasteiger charge is -2.12. The number of aliphatic hydroxyl groups excluding tert-OH is 1. The molecule has 0 aliphatic carbocycles. The quantitative estimate of drug-likeness (QED) is 0.599. The Morgan fingerprint density at radius 2 is 1.75 bits per heavy atom. The Labute approximate surface area is 107 Å². The fraction of sp³-hybridized carbons (Fsp3) is 0.538. The average molecular weight is 261 g/mol. The van der Waals surface area contributed by atoms with Crippen molar-refractivity contribution in [1.29, 1.82) is 0 Å². The lowest BCUT2D eigenvalue weighted by atomic mass is 10.0. The maximum absolute atomic E-state index is 9.64. The number of aryl methyl sites for hydroxylation is 1. The zero-order chi connectivity index (χ0) is 12.0. The maximum Gasteiger partial charge on any atom is 0.137 e. The first-order valence-electron chi connectivity index (χ1n) is 5.70. The van der Waals surface area contributed by atoms with Crippen LogP contribution in [-0.2, 0) is 6.42 Å². The van der Waals surface area contributed by atoms with Gasteiger partial charge in [0.25, 0.3) is 0 Å². The Balaban J connectivity index is 2.54. The molecule has 0 heterocycles. The largest absolute Gasteiger partial charge is 0.386 e. The molecule has 0 spiro atoms. The zero-order valence-electron chi connectivity index (χ0n) is 9.50. The van der Waals surface area contributed by atoms with Gasteiger partial charge in [0.2, 0.25) is 0 Å². The van der Waals surface area contributed by atoms with Gasteiger partial charge in [0.15, 0.2) is 0 Å². The Kier molecular flexibility index (Phi) is 6.18. The molecule has 0 saturated carbocycles. The summed E-state index contributed by atoms with van der Waals surface area (Å²) >= 11 is 11.2. The predicted molar refractivity (Wildman–Crippen MR) is 70.1 cm³/mol. The summed E-state index contributed by atoms with van der Waals surface area (Å²) in [5.74, 6) is 0. The molecule has 90 valence electrons. The SMILES string of the molecule is CCCCCc1ccc(C(O)C(Cl)Cl)cc1. The number of rotatable bonds is 6. The zero-order valence-corrected chi connectivity index (χ0v) is 11.0. The standard InChI is InChI=1S/C13H18Cl2O/c1-2-3-4-5-10-6-8-11(9-7-10)12(16)13(14)15/h6-9,12-13,16H,2-5H2,1H3. The number of hydrogen-bond donors (Lipinski definition) is 1. The summed E-state index contributed by atoms with van der Waals surface area (Å²) in [6.07, 6.45) is 4.00. The Morgan fingerprint density at radius 3 is 2.25 bits per heavy atom. The molecule has 3 heteroatoms. The normalized spacial score (nSPS) is 13.1. The molecule has 1 aromatic carbocycles. The molecule has 0 amide bonds. The summed E-state index contributed by atoms with van der Waals surface area (Å²) in [5.41, 5.74) is 2.07. The summed E-state index contributed by atoms with van der Waals surface area (Å²) in [6.45, 7) is 2.19. The van der Waals surface area contributed by atoms with Crippen molar-refractivity contribution in [3.63, 3.8) is 0 Å². The van der Waals surface area contributed by atoms with Crippen LogP contribution in [0.3, 0.4) is 0 Å². The summed E-state index contributed by atoms with van der Waals surface area (Å²) in [6, 6.07) is 7.85. The maximum atomic E-state index is 9.64. The number of aliphatic hydroxyl groups is 1. The summed E-state index contributed by atoms with van der Waals surface area (Å²) in [7, 11) is 0. The molecule has 0 bridgehead atoms. The lowest BCUT2D eigenvalue weighted by Crippen LogP contribution is -2.05. The number of benzene rings is 1. The number of halogens is 2. The van der Waals surface area contributed by atoms with E-state index in [0.717, 1.165) is 12.0 Å². The van der Waals surface area contributed by atoms with E-state index >= 15 is 0 Å². The van der Waals surface area contributed by atoms with Gasteiger partial charge in [-0.1, -0.05) is 44.0 Å². The van der Waals surface area contributed by atoms with E-state index in [1.807, 2.05) is 24.3 Å². The number of alkyl halides is 2. The predicted octanol–water partition coefficient (Wildman–Crippen LogP) is 4.26. The highest BCUT2D eigenvalue weighted by atomic mass is 35.5. The van der Waals surface area contributed by atoms with E-state index in [9.17, 15) is 5.11 Å². The second-order valence-electron chi connectivity index (χ2n) is 3.98. The van der Waals surface area contributed by atoms with Crippen LogP contribution in [0.2, 0.25) is 0 Å². The van der Waals surface area contributed by atoms with Crippen molar-refractivity contribution in [1.82, 2.24) is 0 Å². The first-order valence-corrected chi connectivity index (χ1v) is 6.57. The third-order valence-electron chi connectivity index (χ3n) is 2.63. The van der Waals surface area contributed by atoms with Gasteiger partial charge in [-0.25, -0.2) is 0 Å². The molecule has 0 aliphatic heterocycles. The molecule has 1 unspecified atom stereocenters. The monoisotopic (exact) mass is 260 g/mol. The van der Waals surface area contributed by atoms with Gasteiger partial charge in [0.05, 0.1) is 0 Å². The highest BCUT2D eigenvalue weighted by Crippen LogP contribution is 2.24. The fourth-order valence-electron chi connectivity index (χ4n) is 1.61. The van der Waals surface area contributed by atoms with Crippen molar-refractivity contribution >= 4 is 23.2 Å². The Hall–Kier alpha value is -0.240. The van der Waals surface area contributed by atoms with Gasteiger partial charge in [-0.15, -0.1) is 23.2 Å². The first kappa shape index (κ1) is 13.8. The molecule has 1 nitrogen and oxygen atoms in total. The molecule has 1 atom stereocenters. The molecule has 1 rings (SSSR count). The van der Waals surface area contributed by atoms with Crippen LogP contribution in [0.5, 0.6) is 0 Å². The smallest absolute Gasteiger partial charge is 0.137 e. The van der Waals surface area contributed by atoms with Crippen molar-refractivity contribution in [2.45, 2.75) is 43.5 Å². The molecule has 0 aromatic heterocycles. The fourth-order valence-corrected chi connectivity index (χ4v) is 1.90. The van der Waals surface area contributed by atoms with Gasteiger partial charge in [0, 0.05) is 0 Å². The van der Waals surface area contributed by atoms with Crippen molar-refractivity contribution in [2.75, 3.05) is 0 Å². The minimum absolute atomic E-state index is 0.772. The van der Waals surface area contributed by atoms with Crippen LogP contribution in [0.4, 0.5) is 0 Å². The molecule has 0 radical (unpaired) electrons. The van der Waals surface area contributed by atoms with E-state index in [0.29, 0.717) is 0 Å². The van der Waals surface area contributed by atoms with Crippen molar-refractivity contribution in [3.8, 4) is 0 Å². The van der Waals surface area contributed by atoms with Crippen LogP contribution in [-0.4, -0.2) is 9.94 Å². The minimum Gasteiger partial charge on any atom is -0.386 e. The summed E-state index contributed by atoms with van der Waals surface area (Å²) in [5, 5.41) is 9.64. The first-order chi connectivity index (χ1) is 7.65. The summed E-state index contributed by atoms with van der Waals surface area (Å²) in [4.78, 5) is -0.772. The molecule has 1 aromatic rings. The molecule has 16 heavy (non-hydrogen) atoms. The van der Waals surface area contributed by atoms with E-state index in [4.69, 9.17) is 23.2 Å². The molecular formula is C13H18Cl2O. The van der Waals surface area contributed by atoms with Crippen LogP contribution < -0.4 is 0 Å². The summed E-state index contributed by atoms with van der Waals surface area (Å²) < 4.78 is 0. The molecular weight excluding hydrogens is 243 g/mol. The van der Waals surface area contributed by atoms with Crippen LogP contribution in [0.25, 0.3) is 0 Å². The van der Waals surface area contributed by atoms with Gasteiger partial charge >= 0.3 is 0 Å². The van der Waals surface area contributed by atoms with Crippen molar-refractivity contribution in [3.05, 3.63) is 35.4 Å². The third-order valence-corrected chi connectivity index (χ3v) is 3.11. The van der Waals surface area contributed by atoms with Crippen molar-refractivity contribution in [2.24, 2.45) is 0 Å². The molecule has 1 N–H and O–H groups in total. The lowest BCUT2D eigenvalue weighted by molar-refractivity contribution is 0.193. The van der Waals surface area contributed by atoms with Gasteiger partial charge in [-0.05, 0) is 24.0 Å². The number of hydrogen-bond acceptors (Lipinski definition) is 1. The highest BCUT2D eigenvalue weighted by Gasteiger charge is 2.14. The van der Waals surface area contributed by atoms with Gasteiger partial charge < -0.3 is 5.11 Å². The average Bonchev–Trinajstić information content (AvgIpc) is 2.29. The number of unbranched alkanes of at least 4 members (excludes halogenated alkanes) is 2. The Bertz CT molecular complexity index is 295. The van der Waals surface area contributed by atoms with Crippen molar-refractivity contribution < 1.29 is 5.11 Å². The van der Waals surface area contributed by atoms with E-state index in [-0.39, 0.29) is 0 Å². The van der Waals surface area contributed by atoms with Crippen LogP contribution in [0.1, 0.15) is 43.4 Å². The van der Waals surface area contributed by atoms with E-state index < -0.39 is 10.9 Å².